The first-order valence-corrected chi connectivity index (χ1v) is 6.94. The molecule has 1 aromatic heterocycles. The Morgan fingerprint density at radius 1 is 0.938 bits per heavy atom. The van der Waals surface area contributed by atoms with Crippen molar-refractivity contribution >= 4 is 20.2 Å². The van der Waals surface area contributed by atoms with E-state index in [4.69, 9.17) is 9.11 Å². The molecule has 0 saturated carbocycles. The van der Waals surface area contributed by atoms with Gasteiger partial charge in [-0.05, 0) is 19.1 Å². The summed E-state index contributed by atoms with van der Waals surface area (Å²) in [4.78, 5) is 3.78. The quantitative estimate of drug-likeness (QED) is 0.735. The monoisotopic (exact) mass is 269 g/mol. The van der Waals surface area contributed by atoms with E-state index in [-0.39, 0.29) is 0 Å². The molecule has 0 radical (unpaired) electrons. The van der Waals surface area contributed by atoms with Crippen LogP contribution in [0, 0.1) is 0 Å². The van der Waals surface area contributed by atoms with Crippen LogP contribution in [0.2, 0.25) is 0 Å². The summed E-state index contributed by atoms with van der Waals surface area (Å²) in [7, 11) is -9.40. The van der Waals surface area contributed by atoms with E-state index in [1.807, 2.05) is 18.2 Å². The summed E-state index contributed by atoms with van der Waals surface area (Å²) < 4.78 is 53.9. The minimum atomic E-state index is -4.70. The molecule has 0 aromatic carbocycles. The molecule has 0 saturated heterocycles. The van der Waals surface area contributed by atoms with Gasteiger partial charge in [-0.3, -0.25) is 14.1 Å². The molecule has 16 heavy (non-hydrogen) atoms. The average molecular weight is 269 g/mol. The number of hydrogen-bond donors (Lipinski definition) is 2. The maximum atomic E-state index is 9.99. The van der Waals surface area contributed by atoms with E-state index in [9.17, 15) is 16.8 Å². The van der Waals surface area contributed by atoms with Crippen LogP contribution in [-0.2, 0) is 20.2 Å². The molecule has 0 spiro atoms. The van der Waals surface area contributed by atoms with Gasteiger partial charge in [0.05, 0.1) is 0 Å². The highest BCUT2D eigenvalue weighted by molar-refractivity contribution is 8.03. The zero-order valence-electron chi connectivity index (χ0n) is 8.26. The Labute approximate surface area is 93.6 Å². The van der Waals surface area contributed by atoms with Gasteiger partial charge in [0, 0.05) is 12.4 Å². The standard InChI is InChI=1S/C5H5N.C2H6O6S2/c1-2-4-6-5-3-1;1-2(9(3,4)5)10(6,7)8/h1-5H;2H,1H3,(H,3,4,5)(H,6,7,8). The minimum absolute atomic E-state index is 0.657. The maximum absolute atomic E-state index is 9.99. The lowest BCUT2D eigenvalue weighted by Gasteiger charge is -2.01. The van der Waals surface area contributed by atoms with Crippen molar-refractivity contribution in [2.45, 2.75) is 11.5 Å². The van der Waals surface area contributed by atoms with Gasteiger partial charge in [0.15, 0.2) is 0 Å². The van der Waals surface area contributed by atoms with E-state index >= 15 is 0 Å². The third-order valence-corrected chi connectivity index (χ3v) is 4.54. The first-order chi connectivity index (χ1) is 7.15. The van der Waals surface area contributed by atoms with Crippen LogP contribution in [0.5, 0.6) is 0 Å². The lowest BCUT2D eigenvalue weighted by molar-refractivity contribution is 0.458. The van der Waals surface area contributed by atoms with Crippen molar-refractivity contribution in [3.8, 4) is 0 Å². The van der Waals surface area contributed by atoms with Crippen LogP contribution in [0.4, 0.5) is 0 Å². The van der Waals surface area contributed by atoms with E-state index in [0.29, 0.717) is 6.92 Å². The number of aromatic nitrogens is 1. The van der Waals surface area contributed by atoms with Gasteiger partial charge in [0.25, 0.3) is 20.2 Å². The maximum Gasteiger partial charge on any atom is 0.284 e. The van der Waals surface area contributed by atoms with E-state index in [1.54, 1.807) is 12.4 Å². The van der Waals surface area contributed by atoms with Crippen LogP contribution in [0.15, 0.2) is 30.6 Å². The first kappa shape index (κ1) is 15.0. The third kappa shape index (κ3) is 6.45. The van der Waals surface area contributed by atoms with Crippen LogP contribution in [0.1, 0.15) is 6.92 Å². The molecule has 2 N–H and O–H groups in total. The molecule has 1 rings (SSSR count). The fourth-order valence-electron chi connectivity index (χ4n) is 0.466. The second kappa shape index (κ2) is 5.89. The Balaban J connectivity index is 0.000000315. The number of hydrogen-bond acceptors (Lipinski definition) is 5. The third-order valence-electron chi connectivity index (χ3n) is 1.41. The van der Waals surface area contributed by atoms with Crippen molar-refractivity contribution < 1.29 is 25.9 Å². The van der Waals surface area contributed by atoms with Gasteiger partial charge in [0.1, 0.15) is 0 Å². The van der Waals surface area contributed by atoms with Crippen LogP contribution < -0.4 is 0 Å². The molecule has 9 heteroatoms. The Hall–Kier alpha value is -1.03. The molecule has 1 aromatic rings. The van der Waals surface area contributed by atoms with Crippen LogP contribution >= 0.6 is 0 Å². The van der Waals surface area contributed by atoms with Gasteiger partial charge in [-0.15, -0.1) is 0 Å². The van der Waals surface area contributed by atoms with Gasteiger partial charge in [-0.25, -0.2) is 0 Å². The largest absolute Gasteiger partial charge is 0.284 e. The summed E-state index contributed by atoms with van der Waals surface area (Å²) in [5, 5.41) is 0. The molecule has 0 amide bonds. The second-order valence-electron chi connectivity index (χ2n) is 2.62. The molecular weight excluding hydrogens is 258 g/mol. The molecule has 0 aliphatic carbocycles. The summed E-state index contributed by atoms with van der Waals surface area (Å²) >= 11 is 0. The zero-order valence-corrected chi connectivity index (χ0v) is 9.89. The minimum Gasteiger partial charge on any atom is -0.284 e. The highest BCUT2D eigenvalue weighted by Gasteiger charge is 2.29. The van der Waals surface area contributed by atoms with Crippen molar-refractivity contribution in [2.75, 3.05) is 0 Å². The van der Waals surface area contributed by atoms with Gasteiger partial charge in [0.2, 0.25) is 4.58 Å². The summed E-state index contributed by atoms with van der Waals surface area (Å²) in [5.74, 6) is 0. The van der Waals surface area contributed by atoms with Crippen molar-refractivity contribution in [1.29, 1.82) is 0 Å². The van der Waals surface area contributed by atoms with Crippen molar-refractivity contribution in [3.63, 3.8) is 0 Å². The van der Waals surface area contributed by atoms with Gasteiger partial charge >= 0.3 is 0 Å². The smallest absolute Gasteiger partial charge is 0.284 e. The molecule has 1 heterocycles. The Morgan fingerprint density at radius 3 is 1.38 bits per heavy atom. The molecule has 0 fully saturated rings. The van der Waals surface area contributed by atoms with Gasteiger partial charge < -0.3 is 0 Å². The summed E-state index contributed by atoms with van der Waals surface area (Å²) in [6, 6.07) is 5.72. The first-order valence-electron chi connectivity index (χ1n) is 3.93. The van der Waals surface area contributed by atoms with E-state index in [1.165, 1.54) is 0 Å². The molecule has 0 aliphatic rings. The van der Waals surface area contributed by atoms with Crippen molar-refractivity contribution in [1.82, 2.24) is 4.98 Å². The van der Waals surface area contributed by atoms with E-state index in [0.717, 1.165) is 0 Å². The molecular formula is C7H11NO6S2. The Kier molecular flexibility index (Phi) is 5.51. The molecule has 7 nitrogen and oxygen atoms in total. The topological polar surface area (TPSA) is 122 Å². The summed E-state index contributed by atoms with van der Waals surface area (Å²) in [6.45, 7) is 0.657. The number of pyridine rings is 1. The lowest BCUT2D eigenvalue weighted by atomic mass is 10.5. The predicted molar refractivity (Wildman–Crippen MR) is 56.8 cm³/mol. The fourth-order valence-corrected chi connectivity index (χ4v) is 1.70. The normalized spacial score (nSPS) is 11.8. The molecule has 0 atom stereocenters. The molecule has 0 aliphatic heterocycles. The number of nitrogens with zero attached hydrogens (tertiary/aromatic N) is 1. The Morgan fingerprint density at radius 2 is 1.31 bits per heavy atom. The van der Waals surface area contributed by atoms with Crippen LogP contribution in [0.25, 0.3) is 0 Å². The lowest BCUT2D eigenvalue weighted by Crippen LogP contribution is -2.25. The highest BCUT2D eigenvalue weighted by atomic mass is 32.3. The molecule has 0 bridgehead atoms. The van der Waals surface area contributed by atoms with Gasteiger partial charge in [-0.2, -0.15) is 16.8 Å². The summed E-state index contributed by atoms with van der Waals surface area (Å²) in [6.07, 6.45) is 3.50. The predicted octanol–water partition coefficient (Wildman–Crippen LogP) is 0.190. The summed E-state index contributed by atoms with van der Waals surface area (Å²) in [5.41, 5.74) is 0. The molecule has 92 valence electrons. The van der Waals surface area contributed by atoms with E-state index < -0.39 is 24.8 Å². The Bertz CT molecular complexity index is 436. The zero-order chi connectivity index (χ0) is 12.8. The van der Waals surface area contributed by atoms with Crippen molar-refractivity contribution in [3.05, 3.63) is 30.6 Å². The fraction of sp³-hybridized carbons (Fsp3) is 0.286. The SMILES string of the molecule is CC(S(=O)(=O)O)S(=O)(=O)O.c1ccncc1. The van der Waals surface area contributed by atoms with Crippen molar-refractivity contribution in [2.24, 2.45) is 0 Å². The second-order valence-corrected chi connectivity index (χ2v) is 6.39. The highest BCUT2D eigenvalue weighted by Crippen LogP contribution is 2.03. The molecule has 0 unspecified atom stereocenters. The van der Waals surface area contributed by atoms with Gasteiger partial charge in [-0.1, -0.05) is 6.07 Å². The number of rotatable bonds is 2. The van der Waals surface area contributed by atoms with E-state index in [2.05, 4.69) is 4.98 Å². The average Bonchev–Trinajstić information content (AvgIpc) is 2.17. The van der Waals surface area contributed by atoms with Crippen LogP contribution in [-0.4, -0.2) is 35.5 Å². The van der Waals surface area contributed by atoms with Crippen LogP contribution in [0.3, 0.4) is 0 Å².